The summed E-state index contributed by atoms with van der Waals surface area (Å²) in [5.74, 6) is -0.466. The largest absolute Gasteiger partial charge is 0.495 e. The third-order valence-corrected chi connectivity index (χ3v) is 2.50. The Morgan fingerprint density at radius 1 is 1.35 bits per heavy atom. The van der Waals surface area contributed by atoms with Gasteiger partial charge in [0.15, 0.2) is 0 Å². The maximum atomic E-state index is 13.4. The summed E-state index contributed by atoms with van der Waals surface area (Å²) in [5, 5.41) is 2.28. The van der Waals surface area contributed by atoms with Gasteiger partial charge < -0.3 is 9.47 Å². The van der Waals surface area contributed by atoms with E-state index in [1.807, 2.05) is 30.3 Å². The molecule has 0 unspecified atom stereocenters. The van der Waals surface area contributed by atoms with E-state index in [1.54, 1.807) is 0 Å². The van der Waals surface area contributed by atoms with Crippen molar-refractivity contribution in [2.24, 2.45) is 0 Å². The first-order chi connectivity index (χ1) is 9.69. The Hall–Kier alpha value is -2.63. The van der Waals surface area contributed by atoms with Crippen LogP contribution in [-0.4, -0.2) is 18.2 Å². The van der Waals surface area contributed by atoms with E-state index in [4.69, 9.17) is 9.47 Å². The van der Waals surface area contributed by atoms with Crippen LogP contribution in [0.3, 0.4) is 0 Å². The van der Waals surface area contributed by atoms with Crippen molar-refractivity contribution in [1.29, 1.82) is 0 Å². The summed E-state index contributed by atoms with van der Waals surface area (Å²) in [7, 11) is 1.42. The van der Waals surface area contributed by atoms with Gasteiger partial charge in [0, 0.05) is 6.07 Å². The molecule has 0 atom stereocenters. The average molecular weight is 276 g/mol. The Kier molecular flexibility index (Phi) is 4.49. The fraction of sp³-hybridized carbons (Fsp3) is 0.143. The lowest BCUT2D eigenvalue weighted by Gasteiger charge is -2.08. The van der Waals surface area contributed by atoms with E-state index in [1.165, 1.54) is 19.4 Å². The van der Waals surface area contributed by atoms with Gasteiger partial charge in [0.2, 0.25) is 5.95 Å². The lowest BCUT2D eigenvalue weighted by molar-refractivity contribution is 0.155. The van der Waals surface area contributed by atoms with Crippen LogP contribution in [0.25, 0.3) is 0 Å². The summed E-state index contributed by atoms with van der Waals surface area (Å²) in [5.41, 5.74) is 0.745. The molecule has 2 rings (SSSR count). The van der Waals surface area contributed by atoms with Gasteiger partial charge in [-0.15, -0.1) is 0 Å². The number of hydrogen-bond acceptors (Lipinski definition) is 4. The molecular weight excluding hydrogens is 263 g/mol. The summed E-state index contributed by atoms with van der Waals surface area (Å²) >= 11 is 0. The molecule has 0 radical (unpaired) electrons. The van der Waals surface area contributed by atoms with Crippen molar-refractivity contribution < 1.29 is 18.7 Å². The molecule has 104 valence electrons. The van der Waals surface area contributed by atoms with Gasteiger partial charge in [0.25, 0.3) is 0 Å². The van der Waals surface area contributed by atoms with Crippen LogP contribution in [0.5, 0.6) is 5.75 Å². The maximum Gasteiger partial charge on any atom is 0.412 e. The predicted octanol–water partition coefficient (Wildman–Crippen LogP) is 2.98. The first-order valence-electron chi connectivity index (χ1n) is 5.86. The van der Waals surface area contributed by atoms with Crippen LogP contribution in [0.15, 0.2) is 42.6 Å². The van der Waals surface area contributed by atoms with Crippen LogP contribution in [0.1, 0.15) is 5.56 Å². The van der Waals surface area contributed by atoms with Crippen molar-refractivity contribution in [3.63, 3.8) is 0 Å². The Balaban J connectivity index is 1.94. The minimum absolute atomic E-state index is 0.0950. The van der Waals surface area contributed by atoms with Crippen LogP contribution < -0.4 is 10.1 Å². The SMILES string of the molecule is COc1cnc(F)c(NC(=O)OCc2ccccc2)c1. The molecule has 1 aromatic carbocycles. The summed E-state index contributed by atoms with van der Waals surface area (Å²) < 4.78 is 23.3. The number of anilines is 1. The third kappa shape index (κ3) is 3.68. The highest BCUT2D eigenvalue weighted by Gasteiger charge is 2.10. The Bertz CT molecular complexity index is 590. The smallest absolute Gasteiger partial charge is 0.412 e. The number of nitrogens with one attached hydrogen (secondary N) is 1. The zero-order chi connectivity index (χ0) is 14.4. The van der Waals surface area contributed by atoms with E-state index in [9.17, 15) is 9.18 Å². The Labute approximate surface area is 115 Å². The van der Waals surface area contributed by atoms with Crippen LogP contribution in [0, 0.1) is 5.95 Å². The Morgan fingerprint density at radius 2 is 2.10 bits per heavy atom. The number of nitrogens with zero attached hydrogens (tertiary/aromatic N) is 1. The molecule has 0 aliphatic heterocycles. The van der Waals surface area contributed by atoms with Gasteiger partial charge in [0.05, 0.1) is 13.3 Å². The number of aromatic nitrogens is 1. The van der Waals surface area contributed by atoms with Crippen molar-refractivity contribution in [3.8, 4) is 5.75 Å². The van der Waals surface area contributed by atoms with Crippen molar-refractivity contribution in [2.75, 3.05) is 12.4 Å². The fourth-order valence-electron chi connectivity index (χ4n) is 1.50. The zero-order valence-corrected chi connectivity index (χ0v) is 10.8. The first kappa shape index (κ1) is 13.8. The number of benzene rings is 1. The quantitative estimate of drug-likeness (QED) is 0.872. The highest BCUT2D eigenvalue weighted by molar-refractivity contribution is 5.84. The van der Waals surface area contributed by atoms with Gasteiger partial charge in [-0.05, 0) is 5.56 Å². The third-order valence-electron chi connectivity index (χ3n) is 2.50. The van der Waals surface area contributed by atoms with Gasteiger partial charge in [0.1, 0.15) is 18.0 Å². The van der Waals surface area contributed by atoms with E-state index in [-0.39, 0.29) is 12.3 Å². The first-order valence-corrected chi connectivity index (χ1v) is 5.86. The summed E-state index contributed by atoms with van der Waals surface area (Å²) in [6.07, 6.45) is 0.457. The number of hydrogen-bond donors (Lipinski definition) is 1. The molecule has 1 N–H and O–H groups in total. The summed E-state index contributed by atoms with van der Waals surface area (Å²) in [4.78, 5) is 15.0. The second-order valence-corrected chi connectivity index (χ2v) is 3.90. The number of carbonyl (C=O) groups excluding carboxylic acids is 1. The molecular formula is C14H13FN2O3. The van der Waals surface area contributed by atoms with Gasteiger partial charge in [-0.2, -0.15) is 4.39 Å². The van der Waals surface area contributed by atoms with E-state index in [0.29, 0.717) is 5.75 Å². The summed E-state index contributed by atoms with van der Waals surface area (Å²) in [6, 6.07) is 10.5. The van der Waals surface area contributed by atoms with Gasteiger partial charge in [-0.25, -0.2) is 9.78 Å². The predicted molar refractivity (Wildman–Crippen MR) is 71.0 cm³/mol. The highest BCUT2D eigenvalue weighted by Crippen LogP contribution is 2.18. The number of carbonyl (C=O) groups is 1. The van der Waals surface area contributed by atoms with Gasteiger partial charge in [-0.1, -0.05) is 30.3 Å². The standard InChI is InChI=1S/C14H13FN2O3/c1-19-11-7-12(13(15)16-8-11)17-14(18)20-9-10-5-3-2-4-6-10/h2-8H,9H2,1H3,(H,17,18). The monoisotopic (exact) mass is 276 g/mol. The van der Waals surface area contributed by atoms with Crippen molar-refractivity contribution in [3.05, 3.63) is 54.1 Å². The molecule has 0 bridgehead atoms. The molecule has 20 heavy (non-hydrogen) atoms. The van der Waals surface area contributed by atoms with E-state index in [2.05, 4.69) is 10.3 Å². The molecule has 0 aliphatic rings. The molecule has 0 spiro atoms. The topological polar surface area (TPSA) is 60.5 Å². The molecule has 0 fully saturated rings. The normalized spacial score (nSPS) is 9.90. The van der Waals surface area contributed by atoms with Crippen LogP contribution in [-0.2, 0) is 11.3 Å². The van der Waals surface area contributed by atoms with Crippen LogP contribution in [0.2, 0.25) is 0 Å². The number of ether oxygens (including phenoxy) is 2. The lowest BCUT2D eigenvalue weighted by Crippen LogP contribution is -2.15. The fourth-order valence-corrected chi connectivity index (χ4v) is 1.50. The molecule has 0 aliphatic carbocycles. The van der Waals surface area contributed by atoms with Crippen LogP contribution in [0.4, 0.5) is 14.9 Å². The molecule has 6 heteroatoms. The molecule has 0 saturated heterocycles. The van der Waals surface area contributed by atoms with Crippen molar-refractivity contribution >= 4 is 11.8 Å². The molecule has 1 heterocycles. The van der Waals surface area contributed by atoms with E-state index < -0.39 is 12.0 Å². The summed E-state index contributed by atoms with van der Waals surface area (Å²) in [6.45, 7) is 0.103. The molecule has 0 saturated carbocycles. The lowest BCUT2D eigenvalue weighted by atomic mass is 10.2. The minimum Gasteiger partial charge on any atom is -0.495 e. The maximum absolute atomic E-state index is 13.4. The highest BCUT2D eigenvalue weighted by atomic mass is 19.1. The number of pyridine rings is 1. The number of rotatable bonds is 4. The van der Waals surface area contributed by atoms with Crippen LogP contribution >= 0.6 is 0 Å². The number of amides is 1. The minimum atomic E-state index is -0.803. The number of halogens is 1. The molecule has 5 nitrogen and oxygen atoms in total. The van der Waals surface area contributed by atoms with Crippen molar-refractivity contribution in [2.45, 2.75) is 6.61 Å². The zero-order valence-electron chi connectivity index (χ0n) is 10.8. The second kappa shape index (κ2) is 6.51. The van der Waals surface area contributed by atoms with E-state index >= 15 is 0 Å². The molecule has 1 aromatic heterocycles. The van der Waals surface area contributed by atoms with E-state index in [0.717, 1.165) is 5.56 Å². The van der Waals surface area contributed by atoms with Gasteiger partial charge in [-0.3, -0.25) is 5.32 Å². The molecule has 1 amide bonds. The van der Waals surface area contributed by atoms with Crippen molar-refractivity contribution in [1.82, 2.24) is 4.98 Å². The molecule has 2 aromatic rings. The second-order valence-electron chi connectivity index (χ2n) is 3.90. The average Bonchev–Trinajstić information content (AvgIpc) is 2.48. The van der Waals surface area contributed by atoms with Gasteiger partial charge >= 0.3 is 6.09 Å². The number of methoxy groups -OCH3 is 1. The Morgan fingerprint density at radius 3 is 2.80 bits per heavy atom.